The van der Waals surface area contributed by atoms with Gasteiger partial charge >= 0.3 is 0 Å². The Labute approximate surface area is 140 Å². The largest absolute Gasteiger partial charge is 0.324 e. The van der Waals surface area contributed by atoms with E-state index in [2.05, 4.69) is 83.1 Å². The molecule has 2 nitrogen and oxygen atoms in total. The van der Waals surface area contributed by atoms with Gasteiger partial charge < -0.3 is 11.5 Å². The zero-order valence-electron chi connectivity index (χ0n) is 17.6. The van der Waals surface area contributed by atoms with Gasteiger partial charge in [0.05, 0.1) is 0 Å². The van der Waals surface area contributed by atoms with Gasteiger partial charge in [-0.25, -0.2) is 0 Å². The summed E-state index contributed by atoms with van der Waals surface area (Å²) in [6.45, 7) is 27.6. The van der Waals surface area contributed by atoms with E-state index in [0.717, 1.165) is 12.8 Å². The van der Waals surface area contributed by atoms with E-state index in [-0.39, 0.29) is 21.7 Å². The van der Waals surface area contributed by atoms with Gasteiger partial charge in [0.25, 0.3) is 0 Å². The van der Waals surface area contributed by atoms with Crippen molar-refractivity contribution >= 4 is 0 Å². The Morgan fingerprint density at radius 2 is 0.909 bits per heavy atom. The van der Waals surface area contributed by atoms with Crippen molar-refractivity contribution in [2.75, 3.05) is 0 Å². The molecule has 0 spiro atoms. The molecule has 4 N–H and O–H groups in total. The molecule has 0 aromatic heterocycles. The molecule has 22 heavy (non-hydrogen) atoms. The Morgan fingerprint density at radius 1 is 0.545 bits per heavy atom. The van der Waals surface area contributed by atoms with Gasteiger partial charge in [-0.15, -0.1) is 0 Å². The van der Waals surface area contributed by atoms with Gasteiger partial charge in [0, 0.05) is 11.1 Å². The van der Waals surface area contributed by atoms with Gasteiger partial charge in [0.2, 0.25) is 0 Å². The number of hydrogen-bond acceptors (Lipinski definition) is 2. The van der Waals surface area contributed by atoms with E-state index in [0.29, 0.717) is 0 Å². The van der Waals surface area contributed by atoms with Crippen LogP contribution in [0.2, 0.25) is 0 Å². The smallest absolute Gasteiger partial charge is 0.0362 e. The molecule has 0 aliphatic heterocycles. The van der Waals surface area contributed by atoms with Gasteiger partial charge in [-0.05, 0) is 41.9 Å². The first-order chi connectivity index (χ1) is 9.37. The van der Waals surface area contributed by atoms with Gasteiger partial charge in [0.1, 0.15) is 0 Å². The fourth-order valence-corrected chi connectivity index (χ4v) is 3.80. The minimum absolute atomic E-state index is 0.0127. The molecule has 0 rings (SSSR count). The van der Waals surface area contributed by atoms with Crippen LogP contribution in [0, 0.1) is 21.7 Å². The maximum Gasteiger partial charge on any atom is 0.0362 e. The van der Waals surface area contributed by atoms with Crippen LogP contribution >= 0.6 is 0 Å². The Morgan fingerprint density at radius 3 is 1.18 bits per heavy atom. The van der Waals surface area contributed by atoms with Crippen molar-refractivity contribution in [3.63, 3.8) is 0 Å². The fourth-order valence-electron chi connectivity index (χ4n) is 3.80. The third kappa shape index (κ3) is 2.75. The molecular formula is C20H44N2. The van der Waals surface area contributed by atoms with Crippen LogP contribution in [-0.2, 0) is 0 Å². The van der Waals surface area contributed by atoms with Crippen LogP contribution in [0.4, 0.5) is 0 Å². The van der Waals surface area contributed by atoms with E-state index in [9.17, 15) is 0 Å². The first kappa shape index (κ1) is 21.9. The maximum atomic E-state index is 6.93. The third-order valence-electron chi connectivity index (χ3n) is 8.92. The zero-order valence-corrected chi connectivity index (χ0v) is 17.6. The summed E-state index contributed by atoms with van der Waals surface area (Å²) >= 11 is 0. The van der Waals surface area contributed by atoms with Crippen molar-refractivity contribution < 1.29 is 0 Å². The Balaban J connectivity index is 6.19. The van der Waals surface area contributed by atoms with E-state index in [1.54, 1.807) is 0 Å². The summed E-state index contributed by atoms with van der Waals surface area (Å²) in [5.74, 6) is 0. The van der Waals surface area contributed by atoms with E-state index in [4.69, 9.17) is 11.5 Å². The van der Waals surface area contributed by atoms with E-state index in [1.165, 1.54) is 0 Å². The molecule has 0 aromatic rings. The monoisotopic (exact) mass is 312 g/mol. The molecular weight excluding hydrogens is 268 g/mol. The molecule has 0 saturated carbocycles. The summed E-state index contributed by atoms with van der Waals surface area (Å²) in [7, 11) is 0. The minimum atomic E-state index is -0.473. The number of nitrogens with two attached hydrogens (primary N) is 2. The highest BCUT2D eigenvalue weighted by Crippen LogP contribution is 2.63. The average molecular weight is 313 g/mol. The van der Waals surface area contributed by atoms with Crippen LogP contribution in [0.15, 0.2) is 0 Å². The van der Waals surface area contributed by atoms with Gasteiger partial charge in [-0.3, -0.25) is 0 Å². The quantitative estimate of drug-likeness (QED) is 0.666. The molecule has 134 valence electrons. The highest BCUT2D eigenvalue weighted by Gasteiger charge is 2.61. The third-order valence-corrected chi connectivity index (χ3v) is 8.92. The molecule has 0 heterocycles. The fraction of sp³-hybridized carbons (Fsp3) is 1.00. The molecule has 2 heteroatoms. The lowest BCUT2D eigenvalue weighted by Gasteiger charge is -2.65. The standard InChI is InChI=1S/C20H44N2/c1-13-15(3,4)16(5,6)17(7,8)18(9,10)20(12,22)19(11,21)14-2/h13-14,21-22H2,1-12H3. The predicted octanol–water partition coefficient (Wildman–Crippen LogP) is 5.35. The van der Waals surface area contributed by atoms with Crippen molar-refractivity contribution in [1.82, 2.24) is 0 Å². The van der Waals surface area contributed by atoms with Crippen molar-refractivity contribution in [3.8, 4) is 0 Å². The van der Waals surface area contributed by atoms with E-state index in [1.807, 2.05) is 0 Å². The van der Waals surface area contributed by atoms with Crippen molar-refractivity contribution in [1.29, 1.82) is 0 Å². The molecule has 2 unspecified atom stereocenters. The zero-order chi connectivity index (χ0) is 18.4. The lowest BCUT2D eigenvalue weighted by atomic mass is 9.41. The first-order valence-electron chi connectivity index (χ1n) is 8.95. The molecule has 0 radical (unpaired) electrons. The predicted molar refractivity (Wildman–Crippen MR) is 101 cm³/mol. The first-order valence-corrected chi connectivity index (χ1v) is 8.95. The SMILES string of the molecule is CCC(C)(C)C(C)(C)C(C)(C)C(C)(C)C(C)(N)C(C)(N)CC. The summed E-state index contributed by atoms with van der Waals surface area (Å²) in [6.07, 6.45) is 2.02. The lowest BCUT2D eigenvalue weighted by Crippen LogP contribution is -2.73. The summed E-state index contributed by atoms with van der Waals surface area (Å²) in [6, 6.07) is 0. The Kier molecular flexibility index (Phi) is 5.75. The maximum absolute atomic E-state index is 6.93. The summed E-state index contributed by atoms with van der Waals surface area (Å²) in [5, 5.41) is 0. The van der Waals surface area contributed by atoms with Crippen molar-refractivity contribution in [3.05, 3.63) is 0 Å². The Hall–Kier alpha value is -0.0800. The van der Waals surface area contributed by atoms with Crippen molar-refractivity contribution in [2.24, 2.45) is 33.1 Å². The second-order valence-corrected chi connectivity index (χ2v) is 10.1. The minimum Gasteiger partial charge on any atom is -0.324 e. The van der Waals surface area contributed by atoms with Gasteiger partial charge in [0.15, 0.2) is 0 Å². The molecule has 0 amide bonds. The average Bonchev–Trinajstić information content (AvgIpc) is 2.37. The molecule has 0 bridgehead atoms. The molecule has 0 aliphatic rings. The lowest BCUT2D eigenvalue weighted by molar-refractivity contribution is -0.135. The topological polar surface area (TPSA) is 52.0 Å². The second kappa shape index (κ2) is 5.77. The van der Waals surface area contributed by atoms with Crippen LogP contribution in [0.1, 0.15) is 95.9 Å². The molecule has 0 fully saturated rings. The second-order valence-electron chi connectivity index (χ2n) is 10.1. The highest BCUT2D eigenvalue weighted by molar-refractivity contribution is 5.16. The van der Waals surface area contributed by atoms with Crippen LogP contribution < -0.4 is 11.5 Å². The Bertz CT molecular complexity index is 347. The number of hydrogen-bond donors (Lipinski definition) is 2. The van der Waals surface area contributed by atoms with Crippen LogP contribution in [-0.4, -0.2) is 11.1 Å². The van der Waals surface area contributed by atoms with Crippen LogP contribution in [0.25, 0.3) is 0 Å². The summed E-state index contributed by atoms with van der Waals surface area (Å²) in [5.41, 5.74) is 12.9. The van der Waals surface area contributed by atoms with Crippen LogP contribution in [0.5, 0.6) is 0 Å². The van der Waals surface area contributed by atoms with Crippen molar-refractivity contribution in [2.45, 2.75) is 107 Å². The number of rotatable bonds is 7. The van der Waals surface area contributed by atoms with Gasteiger partial charge in [-0.1, -0.05) is 75.7 Å². The molecule has 0 aliphatic carbocycles. The van der Waals surface area contributed by atoms with E-state index < -0.39 is 11.1 Å². The summed E-state index contributed by atoms with van der Waals surface area (Å²) in [4.78, 5) is 0. The van der Waals surface area contributed by atoms with E-state index >= 15 is 0 Å². The van der Waals surface area contributed by atoms with Crippen LogP contribution in [0.3, 0.4) is 0 Å². The van der Waals surface area contributed by atoms with Gasteiger partial charge in [-0.2, -0.15) is 0 Å². The normalized spacial score (nSPS) is 20.5. The molecule has 0 saturated heterocycles. The summed E-state index contributed by atoms with van der Waals surface area (Å²) < 4.78 is 0. The molecule has 2 atom stereocenters. The molecule has 0 aromatic carbocycles. The highest BCUT2D eigenvalue weighted by atomic mass is 14.9.